The van der Waals surface area contributed by atoms with Crippen LogP contribution in [0.4, 0.5) is 0 Å². The number of benzene rings is 1. The predicted octanol–water partition coefficient (Wildman–Crippen LogP) is 3.57. The summed E-state index contributed by atoms with van der Waals surface area (Å²) < 4.78 is 5.14. The SMILES string of the molecule is CNC(c1ccc(CCOC)cc1)C1C2CCCCC21. The molecule has 2 heteroatoms. The van der Waals surface area contributed by atoms with Gasteiger partial charge in [0.1, 0.15) is 0 Å². The molecule has 0 aliphatic heterocycles. The summed E-state index contributed by atoms with van der Waals surface area (Å²) in [5.41, 5.74) is 2.84. The highest BCUT2D eigenvalue weighted by atomic mass is 16.5. The van der Waals surface area contributed by atoms with Crippen molar-refractivity contribution in [3.63, 3.8) is 0 Å². The Labute approximate surface area is 122 Å². The molecule has 0 radical (unpaired) electrons. The van der Waals surface area contributed by atoms with Crippen LogP contribution < -0.4 is 5.32 Å². The number of fused-ring (bicyclic) bond motifs is 1. The van der Waals surface area contributed by atoms with Crippen LogP contribution >= 0.6 is 0 Å². The first kappa shape index (κ1) is 14.1. The van der Waals surface area contributed by atoms with E-state index < -0.39 is 0 Å². The Morgan fingerprint density at radius 3 is 2.35 bits per heavy atom. The Hall–Kier alpha value is -0.860. The molecule has 110 valence electrons. The maximum atomic E-state index is 5.14. The van der Waals surface area contributed by atoms with E-state index in [2.05, 4.69) is 36.6 Å². The van der Waals surface area contributed by atoms with Gasteiger partial charge in [0.25, 0.3) is 0 Å². The lowest BCUT2D eigenvalue weighted by Crippen LogP contribution is -2.19. The molecule has 3 unspecified atom stereocenters. The van der Waals surface area contributed by atoms with Crippen molar-refractivity contribution in [2.24, 2.45) is 17.8 Å². The lowest BCUT2D eigenvalue weighted by Gasteiger charge is -2.17. The summed E-state index contributed by atoms with van der Waals surface area (Å²) in [5.74, 6) is 2.87. The van der Waals surface area contributed by atoms with Crippen LogP contribution in [-0.4, -0.2) is 20.8 Å². The topological polar surface area (TPSA) is 21.3 Å². The van der Waals surface area contributed by atoms with Gasteiger partial charge in [0.15, 0.2) is 0 Å². The lowest BCUT2D eigenvalue weighted by molar-refractivity contribution is 0.202. The lowest BCUT2D eigenvalue weighted by atomic mass is 9.98. The first-order valence-corrected chi connectivity index (χ1v) is 8.10. The van der Waals surface area contributed by atoms with Crippen LogP contribution in [0, 0.1) is 17.8 Å². The molecule has 3 atom stereocenters. The van der Waals surface area contributed by atoms with Crippen molar-refractivity contribution < 1.29 is 4.74 Å². The monoisotopic (exact) mass is 273 g/mol. The zero-order valence-corrected chi connectivity index (χ0v) is 12.8. The molecule has 0 aromatic heterocycles. The van der Waals surface area contributed by atoms with Crippen LogP contribution in [0.1, 0.15) is 42.9 Å². The van der Waals surface area contributed by atoms with E-state index >= 15 is 0 Å². The van der Waals surface area contributed by atoms with Crippen molar-refractivity contribution in [2.75, 3.05) is 20.8 Å². The fraction of sp³-hybridized carbons (Fsp3) is 0.667. The van der Waals surface area contributed by atoms with Gasteiger partial charge in [-0.05, 0) is 55.2 Å². The molecule has 3 rings (SSSR count). The summed E-state index contributed by atoms with van der Waals surface area (Å²) in [5, 5.41) is 3.57. The van der Waals surface area contributed by atoms with Gasteiger partial charge < -0.3 is 10.1 Å². The zero-order chi connectivity index (χ0) is 13.9. The van der Waals surface area contributed by atoms with Gasteiger partial charge in [-0.1, -0.05) is 37.1 Å². The number of nitrogens with one attached hydrogen (secondary N) is 1. The number of methoxy groups -OCH3 is 1. The standard InChI is InChI=1S/C18H27NO/c1-19-18(17-15-5-3-4-6-16(15)17)14-9-7-13(8-10-14)11-12-20-2/h7-10,15-19H,3-6,11-12H2,1-2H3. The maximum Gasteiger partial charge on any atom is 0.0502 e. The number of hydrogen-bond donors (Lipinski definition) is 1. The van der Waals surface area contributed by atoms with E-state index in [1.807, 2.05) is 0 Å². The van der Waals surface area contributed by atoms with E-state index in [9.17, 15) is 0 Å². The second kappa shape index (κ2) is 6.28. The van der Waals surface area contributed by atoms with Crippen molar-refractivity contribution in [1.82, 2.24) is 5.32 Å². The highest BCUT2D eigenvalue weighted by Gasteiger charge is 2.53. The van der Waals surface area contributed by atoms with Crippen molar-refractivity contribution in [3.8, 4) is 0 Å². The molecule has 1 aromatic rings. The first-order chi connectivity index (χ1) is 9.85. The van der Waals surface area contributed by atoms with Gasteiger partial charge in [-0.3, -0.25) is 0 Å². The van der Waals surface area contributed by atoms with Gasteiger partial charge >= 0.3 is 0 Å². The highest BCUT2D eigenvalue weighted by Crippen LogP contribution is 2.60. The van der Waals surface area contributed by atoms with E-state index in [1.54, 1.807) is 7.11 Å². The minimum atomic E-state index is 0.555. The molecule has 2 aliphatic carbocycles. The Morgan fingerprint density at radius 1 is 1.15 bits per heavy atom. The van der Waals surface area contributed by atoms with Crippen molar-refractivity contribution in [2.45, 2.75) is 38.1 Å². The second-order valence-corrected chi connectivity index (χ2v) is 6.44. The van der Waals surface area contributed by atoms with Gasteiger partial charge in [-0.25, -0.2) is 0 Å². The van der Waals surface area contributed by atoms with Crippen LogP contribution in [0.15, 0.2) is 24.3 Å². The summed E-state index contributed by atoms with van der Waals surface area (Å²) >= 11 is 0. The summed E-state index contributed by atoms with van der Waals surface area (Å²) in [6, 6.07) is 9.72. The molecule has 0 heterocycles. The van der Waals surface area contributed by atoms with Crippen LogP contribution in [0.2, 0.25) is 0 Å². The van der Waals surface area contributed by atoms with Gasteiger partial charge in [0.2, 0.25) is 0 Å². The Morgan fingerprint density at radius 2 is 1.80 bits per heavy atom. The Kier molecular flexibility index (Phi) is 4.42. The minimum absolute atomic E-state index is 0.555. The van der Waals surface area contributed by atoms with E-state index in [1.165, 1.54) is 36.8 Å². The van der Waals surface area contributed by atoms with Crippen molar-refractivity contribution in [1.29, 1.82) is 0 Å². The predicted molar refractivity (Wildman–Crippen MR) is 82.8 cm³/mol. The summed E-state index contributed by atoms with van der Waals surface area (Å²) in [4.78, 5) is 0. The number of rotatable bonds is 6. The molecule has 2 nitrogen and oxygen atoms in total. The average Bonchev–Trinajstić information content (AvgIpc) is 3.22. The quantitative estimate of drug-likeness (QED) is 0.855. The summed E-state index contributed by atoms with van der Waals surface area (Å²) in [6.45, 7) is 0.807. The van der Waals surface area contributed by atoms with Crippen molar-refractivity contribution >= 4 is 0 Å². The Balaban J connectivity index is 1.67. The third-order valence-electron chi connectivity index (χ3n) is 5.35. The molecule has 0 bridgehead atoms. The fourth-order valence-corrected chi connectivity index (χ4v) is 4.24. The summed E-state index contributed by atoms with van der Waals surface area (Å²) in [7, 11) is 3.88. The third kappa shape index (κ3) is 2.77. The Bertz CT molecular complexity index is 416. The maximum absolute atomic E-state index is 5.14. The summed E-state index contributed by atoms with van der Waals surface area (Å²) in [6.07, 6.45) is 6.82. The minimum Gasteiger partial charge on any atom is -0.384 e. The molecule has 2 saturated carbocycles. The number of hydrogen-bond acceptors (Lipinski definition) is 2. The average molecular weight is 273 g/mol. The van der Waals surface area contributed by atoms with Gasteiger partial charge in [0, 0.05) is 13.2 Å². The van der Waals surface area contributed by atoms with Crippen LogP contribution in [0.5, 0.6) is 0 Å². The number of ether oxygens (including phenoxy) is 1. The molecule has 0 amide bonds. The van der Waals surface area contributed by atoms with E-state index in [0.29, 0.717) is 6.04 Å². The molecular formula is C18H27NO. The van der Waals surface area contributed by atoms with Gasteiger partial charge in [0.05, 0.1) is 6.61 Å². The van der Waals surface area contributed by atoms with Crippen LogP contribution in [0.3, 0.4) is 0 Å². The van der Waals surface area contributed by atoms with Gasteiger partial charge in [-0.15, -0.1) is 0 Å². The molecule has 1 aromatic carbocycles. The van der Waals surface area contributed by atoms with Crippen LogP contribution in [-0.2, 0) is 11.2 Å². The van der Waals surface area contributed by atoms with E-state index in [0.717, 1.165) is 30.8 Å². The third-order valence-corrected chi connectivity index (χ3v) is 5.35. The second-order valence-electron chi connectivity index (χ2n) is 6.44. The van der Waals surface area contributed by atoms with E-state index in [4.69, 9.17) is 4.74 Å². The highest BCUT2D eigenvalue weighted by molar-refractivity contribution is 5.27. The molecule has 2 aliphatic rings. The molecule has 0 saturated heterocycles. The smallest absolute Gasteiger partial charge is 0.0502 e. The molecule has 1 N–H and O–H groups in total. The molecular weight excluding hydrogens is 246 g/mol. The molecule has 0 spiro atoms. The molecule has 2 fully saturated rings. The molecule has 20 heavy (non-hydrogen) atoms. The normalized spacial score (nSPS) is 29.8. The fourth-order valence-electron chi connectivity index (χ4n) is 4.24. The van der Waals surface area contributed by atoms with Crippen LogP contribution in [0.25, 0.3) is 0 Å². The largest absolute Gasteiger partial charge is 0.384 e. The first-order valence-electron chi connectivity index (χ1n) is 8.10. The van der Waals surface area contributed by atoms with Crippen molar-refractivity contribution in [3.05, 3.63) is 35.4 Å². The zero-order valence-electron chi connectivity index (χ0n) is 12.8. The van der Waals surface area contributed by atoms with Gasteiger partial charge in [-0.2, -0.15) is 0 Å². The van der Waals surface area contributed by atoms with E-state index in [-0.39, 0.29) is 0 Å².